The van der Waals surface area contributed by atoms with Crippen LogP contribution in [0, 0.1) is 0 Å². The molecule has 0 amide bonds. The lowest BCUT2D eigenvalue weighted by molar-refractivity contribution is 0.377. The SMILES string of the molecule is CS(=O)(=O)OC1=CC=CC[C@H]1c1ccc(Cl)c(Cl)c1. The molecule has 1 aliphatic rings. The molecule has 0 saturated carbocycles. The Bertz CT molecular complexity index is 648. The van der Waals surface area contributed by atoms with Gasteiger partial charge in [0.25, 0.3) is 0 Å². The third-order valence-electron chi connectivity index (χ3n) is 2.71. The predicted octanol–water partition coefficient (Wildman–Crippen LogP) is 3.90. The molecule has 0 heterocycles. The van der Waals surface area contributed by atoms with Crippen LogP contribution in [0.5, 0.6) is 0 Å². The Morgan fingerprint density at radius 1 is 1.26 bits per heavy atom. The summed E-state index contributed by atoms with van der Waals surface area (Å²) in [5.41, 5.74) is 0.869. The van der Waals surface area contributed by atoms with E-state index in [1.807, 2.05) is 12.1 Å². The van der Waals surface area contributed by atoms with E-state index < -0.39 is 10.1 Å². The Morgan fingerprint density at radius 2 is 2.00 bits per heavy atom. The van der Waals surface area contributed by atoms with Gasteiger partial charge in [-0.1, -0.05) is 41.4 Å². The van der Waals surface area contributed by atoms with E-state index in [0.717, 1.165) is 11.8 Å². The first kappa shape index (κ1) is 14.4. The zero-order valence-corrected chi connectivity index (χ0v) is 12.5. The Morgan fingerprint density at radius 3 is 2.63 bits per heavy atom. The maximum atomic E-state index is 11.3. The van der Waals surface area contributed by atoms with Gasteiger partial charge in [-0.25, -0.2) is 0 Å². The van der Waals surface area contributed by atoms with Crippen molar-refractivity contribution in [3.05, 3.63) is 57.8 Å². The molecule has 2 rings (SSSR count). The van der Waals surface area contributed by atoms with E-state index in [1.165, 1.54) is 0 Å². The maximum Gasteiger partial charge on any atom is 0.305 e. The van der Waals surface area contributed by atoms with E-state index in [1.54, 1.807) is 24.3 Å². The molecule has 0 aromatic heterocycles. The fraction of sp³-hybridized carbons (Fsp3) is 0.231. The van der Waals surface area contributed by atoms with Gasteiger partial charge in [-0.05, 0) is 30.2 Å². The van der Waals surface area contributed by atoms with Gasteiger partial charge >= 0.3 is 10.1 Å². The van der Waals surface area contributed by atoms with Crippen molar-refractivity contribution in [2.45, 2.75) is 12.3 Å². The van der Waals surface area contributed by atoms with Crippen LogP contribution in [-0.4, -0.2) is 14.7 Å². The summed E-state index contributed by atoms with van der Waals surface area (Å²) in [6, 6.07) is 5.24. The van der Waals surface area contributed by atoms with Crippen molar-refractivity contribution in [2.75, 3.05) is 6.26 Å². The number of halogens is 2. The van der Waals surface area contributed by atoms with Crippen LogP contribution in [0.25, 0.3) is 0 Å². The summed E-state index contributed by atoms with van der Waals surface area (Å²) in [5.74, 6) is 0.220. The Labute approximate surface area is 122 Å². The van der Waals surface area contributed by atoms with Crippen molar-refractivity contribution in [2.24, 2.45) is 0 Å². The highest BCUT2D eigenvalue weighted by atomic mass is 35.5. The van der Waals surface area contributed by atoms with Crippen LogP contribution in [-0.2, 0) is 14.3 Å². The minimum atomic E-state index is -3.54. The normalized spacial score (nSPS) is 19.1. The largest absolute Gasteiger partial charge is 0.386 e. The molecule has 3 nitrogen and oxygen atoms in total. The van der Waals surface area contributed by atoms with Gasteiger partial charge < -0.3 is 4.18 Å². The van der Waals surface area contributed by atoms with Gasteiger partial charge in [0.2, 0.25) is 0 Å². The van der Waals surface area contributed by atoms with Gasteiger partial charge in [0.15, 0.2) is 0 Å². The summed E-state index contributed by atoms with van der Waals surface area (Å²) in [5, 5.41) is 0.902. The maximum absolute atomic E-state index is 11.3. The second kappa shape index (κ2) is 5.57. The highest BCUT2D eigenvalue weighted by Crippen LogP contribution is 2.35. The summed E-state index contributed by atoms with van der Waals surface area (Å²) in [4.78, 5) is 0. The smallest absolute Gasteiger partial charge is 0.305 e. The molecule has 1 aromatic rings. The van der Waals surface area contributed by atoms with Crippen LogP contribution in [0.15, 0.2) is 42.2 Å². The zero-order chi connectivity index (χ0) is 14.0. The number of hydrogen-bond donors (Lipinski definition) is 0. The third kappa shape index (κ3) is 3.75. The number of hydrogen-bond acceptors (Lipinski definition) is 3. The van der Waals surface area contributed by atoms with Crippen molar-refractivity contribution < 1.29 is 12.6 Å². The molecule has 0 N–H and O–H groups in total. The lowest BCUT2D eigenvalue weighted by Gasteiger charge is -2.21. The molecule has 1 atom stereocenters. The highest BCUT2D eigenvalue weighted by molar-refractivity contribution is 7.86. The molecule has 6 heteroatoms. The topological polar surface area (TPSA) is 43.4 Å². The van der Waals surface area contributed by atoms with Crippen molar-refractivity contribution in [1.82, 2.24) is 0 Å². The zero-order valence-electron chi connectivity index (χ0n) is 10.1. The molecular formula is C13H12Cl2O3S. The van der Waals surface area contributed by atoms with Gasteiger partial charge in [0.1, 0.15) is 5.76 Å². The highest BCUT2D eigenvalue weighted by Gasteiger charge is 2.22. The van der Waals surface area contributed by atoms with E-state index in [9.17, 15) is 8.42 Å². The van der Waals surface area contributed by atoms with Gasteiger partial charge in [0, 0.05) is 5.92 Å². The third-order valence-corrected chi connectivity index (χ3v) is 3.94. The molecule has 0 aliphatic heterocycles. The fourth-order valence-corrected chi connectivity index (χ4v) is 2.73. The van der Waals surface area contributed by atoms with Crippen molar-refractivity contribution >= 4 is 33.3 Å². The molecule has 102 valence electrons. The first-order valence-corrected chi connectivity index (χ1v) is 8.15. The molecule has 0 bridgehead atoms. The second-order valence-electron chi connectivity index (χ2n) is 4.25. The summed E-state index contributed by atoms with van der Waals surface area (Å²) >= 11 is 11.9. The lowest BCUT2D eigenvalue weighted by atomic mass is 9.91. The van der Waals surface area contributed by atoms with Crippen LogP contribution in [0.4, 0.5) is 0 Å². The first-order chi connectivity index (χ1) is 8.87. The lowest BCUT2D eigenvalue weighted by Crippen LogP contribution is -2.11. The van der Waals surface area contributed by atoms with Gasteiger partial charge in [0.05, 0.1) is 16.3 Å². The van der Waals surface area contributed by atoms with E-state index in [-0.39, 0.29) is 5.92 Å². The quantitative estimate of drug-likeness (QED) is 0.794. The molecule has 0 unspecified atom stereocenters. The molecule has 0 spiro atoms. The van der Waals surface area contributed by atoms with E-state index in [2.05, 4.69) is 0 Å². The fourth-order valence-electron chi connectivity index (χ4n) is 1.90. The molecular weight excluding hydrogens is 307 g/mol. The summed E-state index contributed by atoms with van der Waals surface area (Å²) in [6.07, 6.45) is 7.05. The van der Waals surface area contributed by atoms with Crippen LogP contribution >= 0.6 is 23.2 Å². The first-order valence-electron chi connectivity index (χ1n) is 5.58. The molecule has 0 radical (unpaired) electrons. The summed E-state index contributed by atoms with van der Waals surface area (Å²) in [7, 11) is -3.54. The Hall–Kier alpha value is -0.970. The van der Waals surface area contributed by atoms with Crippen LogP contribution in [0.1, 0.15) is 17.9 Å². The van der Waals surface area contributed by atoms with Crippen LogP contribution in [0.2, 0.25) is 10.0 Å². The number of rotatable bonds is 3. The minimum Gasteiger partial charge on any atom is -0.386 e. The summed E-state index contributed by atoms with van der Waals surface area (Å²) in [6.45, 7) is 0. The van der Waals surface area contributed by atoms with E-state index in [0.29, 0.717) is 22.2 Å². The minimum absolute atomic E-state index is 0.172. The molecule has 0 saturated heterocycles. The van der Waals surface area contributed by atoms with Crippen molar-refractivity contribution in [3.63, 3.8) is 0 Å². The Balaban J connectivity index is 2.34. The van der Waals surface area contributed by atoms with Crippen molar-refractivity contribution in [3.8, 4) is 0 Å². The molecule has 0 fully saturated rings. The van der Waals surface area contributed by atoms with Gasteiger partial charge in [-0.3, -0.25) is 0 Å². The number of benzene rings is 1. The van der Waals surface area contributed by atoms with E-state index in [4.69, 9.17) is 27.4 Å². The average Bonchev–Trinajstić information content (AvgIpc) is 2.31. The average molecular weight is 319 g/mol. The monoisotopic (exact) mass is 318 g/mol. The second-order valence-corrected chi connectivity index (χ2v) is 6.64. The van der Waals surface area contributed by atoms with Gasteiger partial charge in [-0.2, -0.15) is 8.42 Å². The Kier molecular flexibility index (Phi) is 4.23. The predicted molar refractivity (Wildman–Crippen MR) is 77.0 cm³/mol. The molecule has 1 aromatic carbocycles. The van der Waals surface area contributed by atoms with Crippen LogP contribution in [0.3, 0.4) is 0 Å². The molecule has 1 aliphatic carbocycles. The summed E-state index contributed by atoms with van der Waals surface area (Å²) < 4.78 is 27.5. The van der Waals surface area contributed by atoms with Crippen molar-refractivity contribution in [1.29, 1.82) is 0 Å². The molecule has 19 heavy (non-hydrogen) atoms. The van der Waals surface area contributed by atoms with E-state index >= 15 is 0 Å². The van der Waals surface area contributed by atoms with Crippen LogP contribution < -0.4 is 0 Å². The number of allylic oxidation sites excluding steroid dienone is 4. The van der Waals surface area contributed by atoms with Gasteiger partial charge in [-0.15, -0.1) is 0 Å². The standard InChI is InChI=1S/C13H12Cl2O3S/c1-19(16,17)18-13-5-3-2-4-10(13)9-6-7-11(14)12(15)8-9/h2-3,5-8,10H,4H2,1H3/t10-/m0/s1.